The second-order valence-electron chi connectivity index (χ2n) is 7.02. The molecule has 1 N–H and O–H groups in total. The van der Waals surface area contributed by atoms with Gasteiger partial charge in [0.25, 0.3) is 5.91 Å². The smallest absolute Gasteiger partial charge is 0.332 e. The maximum absolute atomic E-state index is 13.5. The van der Waals surface area contributed by atoms with E-state index in [4.69, 9.17) is 0 Å². The molecule has 1 aromatic carbocycles. The number of carbonyl (C=O) groups excluding carboxylic acids is 2. The van der Waals surface area contributed by atoms with Crippen LogP contribution in [0.3, 0.4) is 0 Å². The van der Waals surface area contributed by atoms with E-state index >= 15 is 0 Å². The zero-order chi connectivity index (χ0) is 18.4. The van der Waals surface area contributed by atoms with Crippen LogP contribution in [0.25, 0.3) is 0 Å². The highest BCUT2D eigenvalue weighted by atomic mass is 19.4. The topological polar surface area (TPSA) is 49.4 Å². The van der Waals surface area contributed by atoms with Crippen LogP contribution in [0.5, 0.6) is 0 Å². The lowest BCUT2D eigenvalue weighted by atomic mass is 9.88. The summed E-state index contributed by atoms with van der Waals surface area (Å²) in [6, 6.07) is 2.48. The maximum atomic E-state index is 13.5. The van der Waals surface area contributed by atoms with Gasteiger partial charge >= 0.3 is 6.18 Å². The van der Waals surface area contributed by atoms with Gasteiger partial charge in [-0.2, -0.15) is 13.2 Å². The summed E-state index contributed by atoms with van der Waals surface area (Å²) < 4.78 is 40.6. The predicted molar refractivity (Wildman–Crippen MR) is 86.1 cm³/mol. The molecule has 136 valence electrons. The molecule has 0 aliphatic carbocycles. The number of rotatable bonds is 3. The zero-order valence-corrected chi connectivity index (χ0v) is 14.2. The molecule has 1 fully saturated rings. The van der Waals surface area contributed by atoms with Gasteiger partial charge in [-0.15, -0.1) is 0 Å². The Hall–Kier alpha value is -1.89. The molecule has 1 saturated heterocycles. The maximum Gasteiger partial charge on any atom is 0.416 e. The number of Topliss-reactive ketones (excluding diaryl/α,β-unsaturated/α-hetero) is 1. The summed E-state index contributed by atoms with van der Waals surface area (Å²) in [5.74, 6) is -0.654. The minimum Gasteiger partial charge on any atom is -0.332 e. The summed E-state index contributed by atoms with van der Waals surface area (Å²) in [4.78, 5) is 25.9. The van der Waals surface area contributed by atoms with E-state index in [1.807, 2.05) is 0 Å². The number of carbonyl (C=O) groups is 2. The first-order chi connectivity index (χ1) is 11.7. The van der Waals surface area contributed by atoms with Gasteiger partial charge in [0.1, 0.15) is 5.78 Å². The van der Waals surface area contributed by atoms with Crippen LogP contribution in [0.15, 0.2) is 12.1 Å². The first-order valence-corrected chi connectivity index (χ1v) is 8.46. The number of amides is 1. The highest BCUT2D eigenvalue weighted by molar-refractivity contribution is 5.99. The van der Waals surface area contributed by atoms with Crippen LogP contribution in [0, 0.1) is 5.92 Å². The first-order valence-electron chi connectivity index (χ1n) is 8.46. The first kappa shape index (κ1) is 17.9. The lowest BCUT2D eigenvalue weighted by Gasteiger charge is -2.22. The molecule has 0 radical (unpaired) electrons. The molecule has 3 rings (SSSR count). The van der Waals surface area contributed by atoms with Crippen LogP contribution >= 0.6 is 0 Å². The fourth-order valence-electron chi connectivity index (χ4n) is 3.55. The van der Waals surface area contributed by atoms with Crippen molar-refractivity contribution in [2.75, 3.05) is 13.1 Å². The number of halogens is 3. The van der Waals surface area contributed by atoms with E-state index in [1.54, 1.807) is 13.8 Å². The van der Waals surface area contributed by atoms with Crippen molar-refractivity contribution >= 4 is 11.7 Å². The fraction of sp³-hybridized carbons (Fsp3) is 0.556. The molecule has 2 heterocycles. The highest BCUT2D eigenvalue weighted by Gasteiger charge is 2.40. The normalized spacial score (nSPS) is 21.2. The third-order valence-electron chi connectivity index (χ3n) is 4.93. The van der Waals surface area contributed by atoms with Crippen molar-refractivity contribution in [2.24, 2.45) is 5.92 Å². The number of alkyl halides is 3. The van der Waals surface area contributed by atoms with Gasteiger partial charge in [-0.3, -0.25) is 9.59 Å². The minimum absolute atomic E-state index is 0.0229. The number of nitrogens with one attached hydrogen (secondary N) is 1. The molecule has 2 aliphatic heterocycles. The lowest BCUT2D eigenvalue weighted by Crippen LogP contribution is -2.38. The summed E-state index contributed by atoms with van der Waals surface area (Å²) in [6.07, 6.45) is -3.92. The van der Waals surface area contributed by atoms with Gasteiger partial charge in [-0.1, -0.05) is 0 Å². The molecule has 25 heavy (non-hydrogen) atoms. The van der Waals surface area contributed by atoms with Crippen LogP contribution < -0.4 is 5.32 Å². The van der Waals surface area contributed by atoms with E-state index in [9.17, 15) is 22.8 Å². The summed E-state index contributed by atoms with van der Waals surface area (Å²) in [6.45, 7) is 4.61. The van der Waals surface area contributed by atoms with Gasteiger partial charge in [0, 0.05) is 43.6 Å². The molecule has 4 nitrogen and oxygen atoms in total. The monoisotopic (exact) mass is 354 g/mol. The Bertz CT molecular complexity index is 713. The van der Waals surface area contributed by atoms with Crippen molar-refractivity contribution in [1.29, 1.82) is 0 Å². The van der Waals surface area contributed by atoms with Gasteiger partial charge in [0.05, 0.1) is 5.56 Å². The number of nitrogens with zero attached hydrogens (tertiary/aromatic N) is 1. The van der Waals surface area contributed by atoms with E-state index in [0.29, 0.717) is 25.1 Å². The summed E-state index contributed by atoms with van der Waals surface area (Å²) >= 11 is 0. The molecular formula is C18H21F3N2O2. The molecule has 2 aliphatic rings. The van der Waals surface area contributed by atoms with Gasteiger partial charge in [0.2, 0.25) is 0 Å². The molecular weight excluding hydrogens is 333 g/mol. The molecule has 1 aromatic rings. The van der Waals surface area contributed by atoms with Crippen molar-refractivity contribution in [2.45, 2.75) is 45.5 Å². The van der Waals surface area contributed by atoms with Crippen molar-refractivity contribution < 1.29 is 22.8 Å². The standard InChI is InChI=1S/C18H21F3N2O2/c1-10(2)23-9-14-13(17(23)25)6-11(7-15(14)18(19,20)21)5-12-8-22-4-3-16(12)24/h6-7,10,12,22H,3-5,8-9H2,1-2H3. The van der Waals surface area contributed by atoms with E-state index in [2.05, 4.69) is 5.32 Å². The van der Waals surface area contributed by atoms with Gasteiger partial charge in [-0.05, 0) is 43.5 Å². The lowest BCUT2D eigenvalue weighted by molar-refractivity contribution is -0.138. The summed E-state index contributed by atoms with van der Waals surface area (Å²) in [5, 5.41) is 3.10. The van der Waals surface area contributed by atoms with Gasteiger partial charge < -0.3 is 10.2 Å². The van der Waals surface area contributed by atoms with Gasteiger partial charge in [0.15, 0.2) is 0 Å². The number of fused-ring (bicyclic) bond motifs is 1. The Kier molecular flexibility index (Phi) is 4.62. The molecule has 1 unspecified atom stereocenters. The fourth-order valence-corrected chi connectivity index (χ4v) is 3.55. The van der Waals surface area contributed by atoms with Crippen LogP contribution in [0.4, 0.5) is 13.2 Å². The minimum atomic E-state index is -4.53. The van der Waals surface area contributed by atoms with Crippen LogP contribution in [0.1, 0.15) is 47.3 Å². The van der Waals surface area contributed by atoms with Crippen molar-refractivity contribution in [3.63, 3.8) is 0 Å². The third kappa shape index (κ3) is 3.42. The average Bonchev–Trinajstić information content (AvgIpc) is 2.85. The third-order valence-corrected chi connectivity index (χ3v) is 4.93. The Morgan fingerprint density at radius 1 is 1.28 bits per heavy atom. The molecule has 7 heteroatoms. The second kappa shape index (κ2) is 6.44. The van der Waals surface area contributed by atoms with Crippen LogP contribution in [-0.2, 0) is 23.9 Å². The Morgan fingerprint density at radius 3 is 2.60 bits per heavy atom. The molecule has 0 bridgehead atoms. The van der Waals surface area contributed by atoms with E-state index in [1.165, 1.54) is 11.0 Å². The molecule has 1 amide bonds. The van der Waals surface area contributed by atoms with Crippen molar-refractivity contribution in [1.82, 2.24) is 10.2 Å². The van der Waals surface area contributed by atoms with Gasteiger partial charge in [-0.25, -0.2) is 0 Å². The van der Waals surface area contributed by atoms with Crippen LogP contribution in [0.2, 0.25) is 0 Å². The average molecular weight is 354 g/mol. The molecule has 0 spiro atoms. The number of hydrogen-bond acceptors (Lipinski definition) is 3. The Morgan fingerprint density at radius 2 is 2.00 bits per heavy atom. The van der Waals surface area contributed by atoms with E-state index in [-0.39, 0.29) is 47.7 Å². The highest BCUT2D eigenvalue weighted by Crippen LogP contribution is 2.39. The van der Waals surface area contributed by atoms with E-state index < -0.39 is 11.7 Å². The van der Waals surface area contributed by atoms with Crippen molar-refractivity contribution in [3.8, 4) is 0 Å². The zero-order valence-electron chi connectivity index (χ0n) is 14.2. The van der Waals surface area contributed by atoms with Crippen LogP contribution in [-0.4, -0.2) is 35.7 Å². The Labute approximate surface area is 144 Å². The van der Waals surface area contributed by atoms with Crippen molar-refractivity contribution in [3.05, 3.63) is 34.4 Å². The Balaban J connectivity index is 1.99. The second-order valence-corrected chi connectivity index (χ2v) is 7.02. The number of piperidine rings is 1. The predicted octanol–water partition coefficient (Wildman–Crippen LogP) is 2.79. The quantitative estimate of drug-likeness (QED) is 0.908. The number of ketones is 1. The number of hydrogen-bond donors (Lipinski definition) is 1. The summed E-state index contributed by atoms with van der Waals surface area (Å²) in [5.41, 5.74) is -0.197. The summed E-state index contributed by atoms with van der Waals surface area (Å²) in [7, 11) is 0. The SMILES string of the molecule is CC(C)N1Cc2c(cc(CC3CNCCC3=O)cc2C(F)(F)F)C1=O. The van der Waals surface area contributed by atoms with E-state index in [0.717, 1.165) is 6.07 Å². The largest absolute Gasteiger partial charge is 0.416 e. The molecule has 0 saturated carbocycles. The number of benzene rings is 1. The molecule has 1 atom stereocenters. The molecule has 0 aromatic heterocycles.